The molecule has 0 aliphatic heterocycles. The van der Waals surface area contributed by atoms with Gasteiger partial charge in [-0.05, 0) is 24.7 Å². The first-order valence-corrected chi connectivity index (χ1v) is 6.48. The maximum absolute atomic E-state index is 13.8. The van der Waals surface area contributed by atoms with E-state index in [2.05, 4.69) is 10.2 Å². The number of halogens is 1. The number of carboxylic acids is 1. The average molecular weight is 309 g/mol. The molecule has 0 aliphatic rings. The zero-order valence-corrected chi connectivity index (χ0v) is 12.4. The Kier molecular flexibility index (Phi) is 4.71. The van der Waals surface area contributed by atoms with Crippen LogP contribution < -0.4 is 4.74 Å². The molecule has 118 valence electrons. The predicted molar refractivity (Wildman–Crippen MR) is 73.8 cm³/mol. The molecule has 0 fully saturated rings. The highest BCUT2D eigenvalue weighted by atomic mass is 19.1. The van der Waals surface area contributed by atoms with Gasteiger partial charge < -0.3 is 14.3 Å². The van der Waals surface area contributed by atoms with E-state index >= 15 is 0 Å². The van der Waals surface area contributed by atoms with Crippen molar-refractivity contribution < 1.29 is 23.4 Å². The van der Waals surface area contributed by atoms with Crippen molar-refractivity contribution in [2.24, 2.45) is 0 Å². The van der Waals surface area contributed by atoms with Crippen molar-refractivity contribution in [3.63, 3.8) is 0 Å². The van der Waals surface area contributed by atoms with Gasteiger partial charge in [0.05, 0.1) is 13.7 Å². The first-order chi connectivity index (χ1) is 10.4. The van der Waals surface area contributed by atoms with Crippen LogP contribution in [0.5, 0.6) is 5.75 Å². The molecule has 1 unspecified atom stereocenters. The SMILES string of the molecule is COc1ccc(C(C(=O)O)N(C)Cc2nnc(C)o2)cc1F. The lowest BCUT2D eigenvalue weighted by Gasteiger charge is -2.23. The molecule has 0 saturated heterocycles. The molecular weight excluding hydrogens is 293 g/mol. The highest BCUT2D eigenvalue weighted by Crippen LogP contribution is 2.26. The number of aliphatic carboxylic acids is 1. The molecule has 1 aromatic carbocycles. The Balaban J connectivity index is 2.25. The highest BCUT2D eigenvalue weighted by Gasteiger charge is 2.27. The summed E-state index contributed by atoms with van der Waals surface area (Å²) < 4.78 is 23.8. The lowest BCUT2D eigenvalue weighted by Crippen LogP contribution is -2.30. The van der Waals surface area contributed by atoms with Gasteiger partial charge in [0, 0.05) is 6.92 Å². The molecule has 0 bridgehead atoms. The van der Waals surface area contributed by atoms with Gasteiger partial charge in [-0.2, -0.15) is 0 Å². The highest BCUT2D eigenvalue weighted by molar-refractivity contribution is 5.75. The van der Waals surface area contributed by atoms with Gasteiger partial charge in [0.15, 0.2) is 11.6 Å². The van der Waals surface area contributed by atoms with Gasteiger partial charge >= 0.3 is 5.97 Å². The second kappa shape index (κ2) is 6.52. The number of aromatic nitrogens is 2. The summed E-state index contributed by atoms with van der Waals surface area (Å²) >= 11 is 0. The molecule has 1 heterocycles. The fourth-order valence-electron chi connectivity index (χ4n) is 2.14. The molecular formula is C14H16FN3O4. The Hall–Kier alpha value is -2.48. The fraction of sp³-hybridized carbons (Fsp3) is 0.357. The smallest absolute Gasteiger partial charge is 0.325 e. The quantitative estimate of drug-likeness (QED) is 0.870. The molecule has 0 saturated carbocycles. The number of hydrogen-bond donors (Lipinski definition) is 1. The molecule has 7 nitrogen and oxygen atoms in total. The average Bonchev–Trinajstić information content (AvgIpc) is 2.84. The van der Waals surface area contributed by atoms with Crippen LogP contribution in [0.15, 0.2) is 22.6 Å². The lowest BCUT2D eigenvalue weighted by molar-refractivity contribution is -0.143. The molecule has 0 radical (unpaired) electrons. The van der Waals surface area contributed by atoms with Crippen LogP contribution in [0.3, 0.4) is 0 Å². The van der Waals surface area contributed by atoms with Crippen molar-refractivity contribution in [2.75, 3.05) is 14.2 Å². The number of hydrogen-bond acceptors (Lipinski definition) is 6. The van der Waals surface area contributed by atoms with Gasteiger partial charge in [-0.25, -0.2) is 4.39 Å². The van der Waals surface area contributed by atoms with Crippen molar-refractivity contribution >= 4 is 5.97 Å². The molecule has 2 rings (SSSR count). The van der Waals surface area contributed by atoms with E-state index in [1.807, 2.05) is 0 Å². The van der Waals surface area contributed by atoms with Crippen molar-refractivity contribution in [1.29, 1.82) is 0 Å². The Labute approximate surface area is 126 Å². The monoisotopic (exact) mass is 309 g/mol. The summed E-state index contributed by atoms with van der Waals surface area (Å²) in [4.78, 5) is 13.0. The van der Waals surface area contributed by atoms with E-state index in [1.165, 1.54) is 24.1 Å². The topological polar surface area (TPSA) is 88.7 Å². The largest absolute Gasteiger partial charge is 0.494 e. The van der Waals surface area contributed by atoms with E-state index in [0.717, 1.165) is 6.07 Å². The normalized spacial score (nSPS) is 12.4. The lowest BCUT2D eigenvalue weighted by atomic mass is 10.1. The molecule has 22 heavy (non-hydrogen) atoms. The van der Waals surface area contributed by atoms with Crippen LogP contribution in [0.4, 0.5) is 4.39 Å². The van der Waals surface area contributed by atoms with Gasteiger partial charge in [-0.3, -0.25) is 9.69 Å². The molecule has 1 aromatic heterocycles. The maximum atomic E-state index is 13.8. The molecule has 8 heteroatoms. The zero-order valence-electron chi connectivity index (χ0n) is 12.4. The van der Waals surface area contributed by atoms with Gasteiger partial charge in [0.1, 0.15) is 6.04 Å². The Morgan fingerprint density at radius 2 is 2.23 bits per heavy atom. The first-order valence-electron chi connectivity index (χ1n) is 6.48. The van der Waals surface area contributed by atoms with Crippen molar-refractivity contribution in [1.82, 2.24) is 15.1 Å². The number of methoxy groups -OCH3 is 1. The third-order valence-corrected chi connectivity index (χ3v) is 3.12. The Bertz CT molecular complexity index is 674. The summed E-state index contributed by atoms with van der Waals surface area (Å²) in [6.07, 6.45) is 0. The van der Waals surface area contributed by atoms with Crippen LogP contribution >= 0.6 is 0 Å². The summed E-state index contributed by atoms with van der Waals surface area (Å²) in [6, 6.07) is 3.00. The summed E-state index contributed by atoms with van der Waals surface area (Å²) in [5.74, 6) is -0.981. The van der Waals surface area contributed by atoms with Crippen LogP contribution in [0.25, 0.3) is 0 Å². The van der Waals surface area contributed by atoms with Crippen LogP contribution in [-0.4, -0.2) is 40.3 Å². The summed E-state index contributed by atoms with van der Waals surface area (Å²) in [5, 5.41) is 16.9. The molecule has 0 spiro atoms. The molecule has 0 aliphatic carbocycles. The number of ether oxygens (including phenoxy) is 1. The standard InChI is InChI=1S/C14H16FN3O4/c1-8-16-17-12(22-8)7-18(2)13(14(19)20)9-4-5-11(21-3)10(15)6-9/h4-6,13H,7H2,1-3H3,(H,19,20). The Morgan fingerprint density at radius 1 is 1.50 bits per heavy atom. The van der Waals surface area contributed by atoms with E-state index in [9.17, 15) is 14.3 Å². The summed E-state index contributed by atoms with van der Waals surface area (Å²) in [7, 11) is 2.93. The number of nitrogens with zero attached hydrogens (tertiary/aromatic N) is 3. The van der Waals surface area contributed by atoms with E-state index in [0.29, 0.717) is 17.3 Å². The zero-order chi connectivity index (χ0) is 16.3. The second-order valence-corrected chi connectivity index (χ2v) is 4.76. The minimum Gasteiger partial charge on any atom is -0.494 e. The first kappa shape index (κ1) is 15.9. The van der Waals surface area contributed by atoms with E-state index < -0.39 is 17.8 Å². The van der Waals surface area contributed by atoms with Gasteiger partial charge in [-0.1, -0.05) is 6.07 Å². The fourth-order valence-corrected chi connectivity index (χ4v) is 2.14. The third kappa shape index (κ3) is 3.40. The minimum absolute atomic E-state index is 0.0584. The minimum atomic E-state index is -1.11. The van der Waals surface area contributed by atoms with Gasteiger partial charge in [0.2, 0.25) is 11.8 Å². The molecule has 0 amide bonds. The van der Waals surface area contributed by atoms with Gasteiger partial charge in [0.25, 0.3) is 0 Å². The number of carbonyl (C=O) groups is 1. The van der Waals surface area contributed by atoms with Gasteiger partial charge in [-0.15, -0.1) is 10.2 Å². The van der Waals surface area contributed by atoms with Crippen LogP contribution in [0, 0.1) is 12.7 Å². The van der Waals surface area contributed by atoms with E-state index in [4.69, 9.17) is 9.15 Å². The Morgan fingerprint density at radius 3 is 2.73 bits per heavy atom. The van der Waals surface area contributed by atoms with Crippen LogP contribution in [-0.2, 0) is 11.3 Å². The number of likely N-dealkylation sites (N-methyl/N-ethyl adjacent to an activating group) is 1. The van der Waals surface area contributed by atoms with Crippen molar-refractivity contribution in [3.05, 3.63) is 41.4 Å². The van der Waals surface area contributed by atoms with Crippen molar-refractivity contribution in [2.45, 2.75) is 19.5 Å². The van der Waals surface area contributed by atoms with E-state index in [-0.39, 0.29) is 12.3 Å². The van der Waals surface area contributed by atoms with Crippen LogP contribution in [0.1, 0.15) is 23.4 Å². The third-order valence-electron chi connectivity index (χ3n) is 3.12. The number of benzene rings is 1. The molecule has 1 N–H and O–H groups in total. The van der Waals surface area contributed by atoms with Crippen LogP contribution in [0.2, 0.25) is 0 Å². The van der Waals surface area contributed by atoms with E-state index in [1.54, 1.807) is 14.0 Å². The number of carboxylic acid groups (broad SMARTS) is 1. The predicted octanol–water partition coefficient (Wildman–Crippen LogP) is 1.78. The molecule has 1 atom stereocenters. The summed E-state index contributed by atoms with van der Waals surface area (Å²) in [6.45, 7) is 1.77. The number of aryl methyl sites for hydroxylation is 1. The number of rotatable bonds is 6. The summed E-state index contributed by atoms with van der Waals surface area (Å²) in [5.41, 5.74) is 0.296. The second-order valence-electron chi connectivity index (χ2n) is 4.76. The van der Waals surface area contributed by atoms with Crippen molar-refractivity contribution in [3.8, 4) is 5.75 Å². The molecule has 2 aromatic rings. The maximum Gasteiger partial charge on any atom is 0.325 e.